The second-order valence-corrected chi connectivity index (χ2v) is 4.86. The van der Waals surface area contributed by atoms with Crippen LogP contribution in [0.2, 0.25) is 0 Å². The summed E-state index contributed by atoms with van der Waals surface area (Å²) in [6, 6.07) is 9.72. The van der Waals surface area contributed by atoms with Crippen molar-refractivity contribution in [1.29, 1.82) is 0 Å². The Morgan fingerprint density at radius 3 is 2.90 bits per heavy atom. The number of aryl methyl sites for hydroxylation is 1. The van der Waals surface area contributed by atoms with Crippen molar-refractivity contribution in [3.8, 4) is 0 Å². The lowest BCUT2D eigenvalue weighted by atomic mass is 10.1. The monoisotopic (exact) mass is 283 g/mol. The first-order valence-corrected chi connectivity index (χ1v) is 6.79. The van der Waals surface area contributed by atoms with Crippen LogP contribution >= 0.6 is 0 Å². The van der Waals surface area contributed by atoms with Gasteiger partial charge in [-0.25, -0.2) is 9.97 Å². The van der Waals surface area contributed by atoms with Gasteiger partial charge in [-0.1, -0.05) is 12.1 Å². The van der Waals surface area contributed by atoms with Crippen molar-refractivity contribution in [1.82, 2.24) is 9.97 Å². The number of ether oxygens (including phenoxy) is 1. The van der Waals surface area contributed by atoms with E-state index >= 15 is 0 Å². The molecule has 21 heavy (non-hydrogen) atoms. The van der Waals surface area contributed by atoms with Crippen LogP contribution in [0, 0.1) is 6.92 Å². The van der Waals surface area contributed by atoms with Gasteiger partial charge in [-0.05, 0) is 30.7 Å². The molecule has 0 radical (unpaired) electrons. The maximum atomic E-state index is 5.48. The molecule has 0 fully saturated rings. The molecular weight excluding hydrogens is 266 g/mol. The summed E-state index contributed by atoms with van der Waals surface area (Å²) in [7, 11) is 1.67. The molecule has 1 aromatic carbocycles. The fraction of sp³-hybridized carbons (Fsp3) is 0.250. The van der Waals surface area contributed by atoms with E-state index in [1.54, 1.807) is 19.7 Å². The first-order chi connectivity index (χ1) is 10.3. The van der Waals surface area contributed by atoms with Gasteiger partial charge in [0.15, 0.2) is 0 Å². The summed E-state index contributed by atoms with van der Waals surface area (Å²) in [5.41, 5.74) is 2.05. The highest BCUT2D eigenvalue weighted by Gasteiger charge is 2.16. The SMILES string of the molecule is COCC(Nc1ncnc2cccc(C)c12)c1ccco1. The molecule has 0 saturated carbocycles. The third-order valence-corrected chi connectivity index (χ3v) is 3.40. The molecule has 1 unspecified atom stereocenters. The van der Waals surface area contributed by atoms with Crippen molar-refractivity contribution in [2.75, 3.05) is 19.0 Å². The lowest BCUT2D eigenvalue weighted by Gasteiger charge is -2.18. The van der Waals surface area contributed by atoms with Crippen LogP contribution in [-0.2, 0) is 4.74 Å². The van der Waals surface area contributed by atoms with Gasteiger partial charge in [-0.2, -0.15) is 0 Å². The summed E-state index contributed by atoms with van der Waals surface area (Å²) >= 11 is 0. The molecule has 0 aliphatic heterocycles. The number of rotatable bonds is 5. The van der Waals surface area contributed by atoms with Crippen LogP contribution in [0.25, 0.3) is 10.9 Å². The van der Waals surface area contributed by atoms with Crippen molar-refractivity contribution < 1.29 is 9.15 Å². The van der Waals surface area contributed by atoms with Gasteiger partial charge in [0, 0.05) is 12.5 Å². The predicted molar refractivity (Wildman–Crippen MR) is 81.2 cm³/mol. The highest BCUT2D eigenvalue weighted by atomic mass is 16.5. The second-order valence-electron chi connectivity index (χ2n) is 4.86. The molecule has 2 heterocycles. The minimum absolute atomic E-state index is 0.0947. The molecule has 1 N–H and O–H groups in total. The van der Waals surface area contributed by atoms with E-state index in [1.807, 2.05) is 24.3 Å². The highest BCUT2D eigenvalue weighted by molar-refractivity contribution is 5.91. The third kappa shape index (κ3) is 2.73. The first kappa shape index (κ1) is 13.6. The van der Waals surface area contributed by atoms with Crippen LogP contribution in [0.4, 0.5) is 5.82 Å². The summed E-state index contributed by atoms with van der Waals surface area (Å²) in [5, 5.41) is 4.42. The average molecular weight is 283 g/mol. The van der Waals surface area contributed by atoms with Gasteiger partial charge in [-0.3, -0.25) is 0 Å². The first-order valence-electron chi connectivity index (χ1n) is 6.79. The Morgan fingerprint density at radius 2 is 2.14 bits per heavy atom. The number of hydrogen-bond acceptors (Lipinski definition) is 5. The molecule has 5 heteroatoms. The van der Waals surface area contributed by atoms with Crippen molar-refractivity contribution in [3.05, 3.63) is 54.2 Å². The van der Waals surface area contributed by atoms with E-state index in [9.17, 15) is 0 Å². The number of fused-ring (bicyclic) bond motifs is 1. The maximum absolute atomic E-state index is 5.48. The summed E-state index contributed by atoms with van der Waals surface area (Å²) in [4.78, 5) is 8.69. The third-order valence-electron chi connectivity index (χ3n) is 3.40. The second kappa shape index (κ2) is 5.93. The van der Waals surface area contributed by atoms with Crippen molar-refractivity contribution in [2.24, 2.45) is 0 Å². The van der Waals surface area contributed by atoms with E-state index in [2.05, 4.69) is 28.3 Å². The Balaban J connectivity index is 2.00. The van der Waals surface area contributed by atoms with Crippen LogP contribution in [-0.4, -0.2) is 23.7 Å². The summed E-state index contributed by atoms with van der Waals surface area (Å²) in [6.07, 6.45) is 3.22. The molecule has 2 aromatic heterocycles. The Morgan fingerprint density at radius 1 is 1.24 bits per heavy atom. The molecule has 108 valence electrons. The number of anilines is 1. The highest BCUT2D eigenvalue weighted by Crippen LogP contribution is 2.26. The number of hydrogen-bond donors (Lipinski definition) is 1. The quantitative estimate of drug-likeness (QED) is 0.778. The number of aromatic nitrogens is 2. The Hall–Kier alpha value is -2.40. The molecule has 5 nitrogen and oxygen atoms in total. The van der Waals surface area contributed by atoms with Gasteiger partial charge in [0.05, 0.1) is 18.4 Å². The number of nitrogens with one attached hydrogen (secondary N) is 1. The number of methoxy groups -OCH3 is 1. The molecule has 3 aromatic rings. The standard InChI is InChI=1S/C16H17N3O2/c1-11-5-3-6-12-15(11)16(18-10-17-12)19-13(9-20-2)14-7-4-8-21-14/h3-8,10,13H,9H2,1-2H3,(H,17,18,19). The smallest absolute Gasteiger partial charge is 0.138 e. The average Bonchev–Trinajstić information content (AvgIpc) is 3.01. The van der Waals surface area contributed by atoms with Crippen LogP contribution in [0.3, 0.4) is 0 Å². The Bertz CT molecular complexity index is 720. The van der Waals surface area contributed by atoms with Gasteiger partial charge in [0.1, 0.15) is 23.9 Å². The van der Waals surface area contributed by atoms with Gasteiger partial charge in [-0.15, -0.1) is 0 Å². The van der Waals surface area contributed by atoms with Crippen molar-refractivity contribution in [3.63, 3.8) is 0 Å². The fourth-order valence-electron chi connectivity index (χ4n) is 2.41. The Labute approximate surface area is 123 Å². The van der Waals surface area contributed by atoms with Crippen LogP contribution in [0.5, 0.6) is 0 Å². The molecule has 3 rings (SSSR count). The zero-order valence-electron chi connectivity index (χ0n) is 12.0. The molecule has 0 bridgehead atoms. The lowest BCUT2D eigenvalue weighted by molar-refractivity contribution is 0.178. The molecule has 0 aliphatic rings. The molecule has 0 aliphatic carbocycles. The van der Waals surface area contributed by atoms with Gasteiger partial charge in [0.2, 0.25) is 0 Å². The summed E-state index contributed by atoms with van der Waals surface area (Å²) < 4.78 is 10.8. The van der Waals surface area contributed by atoms with E-state index < -0.39 is 0 Å². The topological polar surface area (TPSA) is 60.2 Å². The van der Waals surface area contributed by atoms with Crippen LogP contribution in [0.15, 0.2) is 47.3 Å². The molecule has 0 amide bonds. The minimum atomic E-state index is -0.0947. The number of benzene rings is 1. The minimum Gasteiger partial charge on any atom is -0.467 e. The molecule has 0 saturated heterocycles. The number of furan rings is 1. The van der Waals surface area contributed by atoms with Crippen LogP contribution < -0.4 is 5.32 Å². The summed E-state index contributed by atoms with van der Waals surface area (Å²) in [5.74, 6) is 1.61. The molecular formula is C16H17N3O2. The Kier molecular flexibility index (Phi) is 3.83. The van der Waals surface area contributed by atoms with Crippen molar-refractivity contribution >= 4 is 16.7 Å². The largest absolute Gasteiger partial charge is 0.467 e. The van der Waals surface area contributed by atoms with E-state index in [0.29, 0.717) is 6.61 Å². The normalized spacial score (nSPS) is 12.5. The van der Waals surface area contributed by atoms with Gasteiger partial charge in [0.25, 0.3) is 0 Å². The van der Waals surface area contributed by atoms with Gasteiger partial charge < -0.3 is 14.5 Å². The predicted octanol–water partition coefficient (Wildman–Crippen LogP) is 3.33. The van der Waals surface area contributed by atoms with E-state index in [-0.39, 0.29) is 6.04 Å². The number of nitrogens with zero attached hydrogens (tertiary/aromatic N) is 2. The van der Waals surface area contributed by atoms with E-state index in [4.69, 9.17) is 9.15 Å². The van der Waals surface area contributed by atoms with Crippen molar-refractivity contribution in [2.45, 2.75) is 13.0 Å². The maximum Gasteiger partial charge on any atom is 0.138 e. The zero-order valence-corrected chi connectivity index (χ0v) is 12.0. The van der Waals surface area contributed by atoms with Gasteiger partial charge >= 0.3 is 0 Å². The zero-order chi connectivity index (χ0) is 14.7. The van der Waals surface area contributed by atoms with E-state index in [0.717, 1.165) is 28.0 Å². The van der Waals surface area contributed by atoms with Crippen LogP contribution in [0.1, 0.15) is 17.4 Å². The summed E-state index contributed by atoms with van der Waals surface area (Å²) in [6.45, 7) is 2.54. The molecule has 1 atom stereocenters. The lowest BCUT2D eigenvalue weighted by Crippen LogP contribution is -2.17. The fourth-order valence-corrected chi connectivity index (χ4v) is 2.41. The van der Waals surface area contributed by atoms with E-state index in [1.165, 1.54) is 0 Å². The molecule has 0 spiro atoms.